The van der Waals surface area contributed by atoms with Gasteiger partial charge in [-0.2, -0.15) is 0 Å². The van der Waals surface area contributed by atoms with Gasteiger partial charge in [0.15, 0.2) is 0 Å². The van der Waals surface area contributed by atoms with E-state index in [0.717, 1.165) is 28.1 Å². The third kappa shape index (κ3) is 3.13. The SMILES string of the molecule is CC(O)Cn1c(C(N)c2ccc(N(C)C)cc2)nc2ccccc21. The molecule has 0 radical (unpaired) electrons. The molecule has 3 N–H and O–H groups in total. The maximum absolute atomic E-state index is 9.86. The van der Waals surface area contributed by atoms with Gasteiger partial charge in [-0.1, -0.05) is 24.3 Å². The molecular weight excluding hydrogens is 300 g/mol. The number of anilines is 1. The largest absolute Gasteiger partial charge is 0.392 e. The first-order chi connectivity index (χ1) is 11.5. The Morgan fingerprint density at radius 1 is 1.12 bits per heavy atom. The van der Waals surface area contributed by atoms with Crippen molar-refractivity contribution in [1.29, 1.82) is 0 Å². The standard InChI is InChI=1S/C19H24N4O/c1-13(24)12-23-17-7-5-4-6-16(17)21-19(23)18(20)14-8-10-15(11-9-14)22(2)3/h4-11,13,18,24H,12,20H2,1-3H3. The number of rotatable bonds is 5. The van der Waals surface area contributed by atoms with Gasteiger partial charge in [0, 0.05) is 19.8 Å². The molecule has 0 spiro atoms. The van der Waals surface area contributed by atoms with Crippen molar-refractivity contribution in [2.75, 3.05) is 19.0 Å². The topological polar surface area (TPSA) is 67.3 Å². The summed E-state index contributed by atoms with van der Waals surface area (Å²) in [6, 6.07) is 15.8. The Labute approximate surface area is 142 Å². The fourth-order valence-electron chi connectivity index (χ4n) is 2.92. The lowest BCUT2D eigenvalue weighted by Crippen LogP contribution is -2.21. The number of aliphatic hydroxyl groups is 1. The first kappa shape index (κ1) is 16.5. The highest BCUT2D eigenvalue weighted by atomic mass is 16.3. The summed E-state index contributed by atoms with van der Waals surface area (Å²) in [5, 5.41) is 9.86. The second-order valence-electron chi connectivity index (χ2n) is 6.38. The number of benzene rings is 2. The molecule has 5 nitrogen and oxygen atoms in total. The van der Waals surface area contributed by atoms with Crippen LogP contribution in [-0.2, 0) is 6.54 Å². The van der Waals surface area contributed by atoms with Crippen LogP contribution in [0.5, 0.6) is 0 Å². The fraction of sp³-hybridized carbons (Fsp3) is 0.316. The Kier molecular flexibility index (Phi) is 4.55. The van der Waals surface area contributed by atoms with Crippen molar-refractivity contribution in [3.63, 3.8) is 0 Å². The molecule has 0 saturated carbocycles. The average Bonchev–Trinajstić information content (AvgIpc) is 2.92. The summed E-state index contributed by atoms with van der Waals surface area (Å²) in [6.07, 6.45) is -0.468. The van der Waals surface area contributed by atoms with Gasteiger partial charge >= 0.3 is 0 Å². The van der Waals surface area contributed by atoms with E-state index in [1.54, 1.807) is 6.92 Å². The molecule has 3 aromatic rings. The number of fused-ring (bicyclic) bond motifs is 1. The van der Waals surface area contributed by atoms with E-state index in [4.69, 9.17) is 10.7 Å². The molecule has 2 unspecified atom stereocenters. The number of hydrogen-bond donors (Lipinski definition) is 2. The Hall–Kier alpha value is -2.37. The van der Waals surface area contributed by atoms with Gasteiger partial charge in [0.05, 0.1) is 29.7 Å². The fourth-order valence-corrected chi connectivity index (χ4v) is 2.92. The number of nitrogens with zero attached hydrogens (tertiary/aromatic N) is 3. The van der Waals surface area contributed by atoms with Crippen LogP contribution in [-0.4, -0.2) is 34.9 Å². The molecule has 0 aliphatic carbocycles. The molecular formula is C19H24N4O. The highest BCUT2D eigenvalue weighted by molar-refractivity contribution is 5.76. The number of nitrogens with two attached hydrogens (primary N) is 1. The van der Waals surface area contributed by atoms with Crippen LogP contribution in [0.2, 0.25) is 0 Å². The number of aliphatic hydroxyl groups excluding tert-OH is 1. The summed E-state index contributed by atoms with van der Waals surface area (Å²) in [6.45, 7) is 2.25. The van der Waals surface area contributed by atoms with Crippen LogP contribution in [0, 0.1) is 0 Å². The number of imidazole rings is 1. The lowest BCUT2D eigenvalue weighted by molar-refractivity contribution is 0.173. The van der Waals surface area contributed by atoms with Crippen molar-refractivity contribution >= 4 is 16.7 Å². The van der Waals surface area contributed by atoms with Crippen LogP contribution < -0.4 is 10.6 Å². The van der Waals surface area contributed by atoms with Crippen molar-refractivity contribution in [2.45, 2.75) is 25.6 Å². The van der Waals surface area contributed by atoms with Gasteiger partial charge in [0.25, 0.3) is 0 Å². The summed E-state index contributed by atoms with van der Waals surface area (Å²) in [4.78, 5) is 6.77. The van der Waals surface area contributed by atoms with E-state index in [2.05, 4.69) is 17.0 Å². The molecule has 5 heteroatoms. The minimum Gasteiger partial charge on any atom is -0.392 e. The Morgan fingerprint density at radius 2 is 1.79 bits per heavy atom. The van der Waals surface area contributed by atoms with Crippen molar-refractivity contribution in [1.82, 2.24) is 9.55 Å². The first-order valence-electron chi connectivity index (χ1n) is 8.13. The Bertz CT molecular complexity index is 821. The third-order valence-corrected chi connectivity index (χ3v) is 4.18. The zero-order valence-corrected chi connectivity index (χ0v) is 14.3. The lowest BCUT2D eigenvalue weighted by Gasteiger charge is -2.18. The molecule has 0 saturated heterocycles. The van der Waals surface area contributed by atoms with Gasteiger partial charge in [-0.3, -0.25) is 0 Å². The second kappa shape index (κ2) is 6.63. The predicted octanol–water partition coefficient (Wildman–Crippen LogP) is 2.53. The van der Waals surface area contributed by atoms with E-state index < -0.39 is 6.10 Å². The predicted molar refractivity (Wildman–Crippen MR) is 98.2 cm³/mol. The molecule has 1 heterocycles. The quantitative estimate of drug-likeness (QED) is 0.757. The van der Waals surface area contributed by atoms with E-state index in [1.165, 1.54) is 0 Å². The van der Waals surface area contributed by atoms with Crippen molar-refractivity contribution < 1.29 is 5.11 Å². The summed E-state index contributed by atoms with van der Waals surface area (Å²) >= 11 is 0. The van der Waals surface area contributed by atoms with Gasteiger partial charge in [-0.05, 0) is 36.8 Å². The smallest absolute Gasteiger partial charge is 0.131 e. The second-order valence-corrected chi connectivity index (χ2v) is 6.38. The van der Waals surface area contributed by atoms with Crippen LogP contribution in [0.15, 0.2) is 48.5 Å². The van der Waals surface area contributed by atoms with Gasteiger partial charge in [0.2, 0.25) is 0 Å². The highest BCUT2D eigenvalue weighted by Gasteiger charge is 2.19. The monoisotopic (exact) mass is 324 g/mol. The molecule has 0 aliphatic heterocycles. The number of aromatic nitrogens is 2. The van der Waals surface area contributed by atoms with E-state index in [9.17, 15) is 5.11 Å². The summed E-state index contributed by atoms with van der Waals surface area (Å²) in [5.74, 6) is 0.773. The van der Waals surface area contributed by atoms with E-state index in [-0.39, 0.29) is 6.04 Å². The van der Waals surface area contributed by atoms with Gasteiger partial charge in [-0.15, -0.1) is 0 Å². The maximum Gasteiger partial charge on any atom is 0.131 e. The normalized spacial score (nSPS) is 13.9. The maximum atomic E-state index is 9.86. The molecule has 3 rings (SSSR count). The van der Waals surface area contributed by atoms with Crippen LogP contribution in [0.1, 0.15) is 24.4 Å². The molecule has 0 bridgehead atoms. The van der Waals surface area contributed by atoms with Crippen LogP contribution >= 0.6 is 0 Å². The summed E-state index contributed by atoms with van der Waals surface area (Å²) in [5.41, 5.74) is 10.5. The van der Waals surface area contributed by atoms with Crippen LogP contribution in [0.4, 0.5) is 5.69 Å². The minimum atomic E-state index is -0.468. The molecule has 126 valence electrons. The zero-order chi connectivity index (χ0) is 17.3. The highest BCUT2D eigenvalue weighted by Crippen LogP contribution is 2.25. The molecule has 1 aromatic heterocycles. The molecule has 0 amide bonds. The molecule has 2 aromatic carbocycles. The lowest BCUT2D eigenvalue weighted by atomic mass is 10.1. The van der Waals surface area contributed by atoms with Crippen molar-refractivity contribution in [2.24, 2.45) is 5.73 Å². The first-order valence-corrected chi connectivity index (χ1v) is 8.13. The average molecular weight is 324 g/mol. The molecule has 0 aliphatic rings. The minimum absolute atomic E-state index is 0.340. The molecule has 2 atom stereocenters. The van der Waals surface area contributed by atoms with Gasteiger partial charge in [0.1, 0.15) is 5.82 Å². The third-order valence-electron chi connectivity index (χ3n) is 4.18. The molecule has 0 fully saturated rings. The van der Waals surface area contributed by atoms with Crippen molar-refractivity contribution in [3.05, 3.63) is 59.9 Å². The number of para-hydroxylation sites is 2. The summed E-state index contributed by atoms with van der Waals surface area (Å²) < 4.78 is 2.02. The Balaban J connectivity index is 2.03. The van der Waals surface area contributed by atoms with Crippen LogP contribution in [0.3, 0.4) is 0 Å². The van der Waals surface area contributed by atoms with E-state index in [1.807, 2.05) is 55.1 Å². The van der Waals surface area contributed by atoms with Gasteiger partial charge < -0.3 is 20.3 Å². The number of hydrogen-bond acceptors (Lipinski definition) is 4. The zero-order valence-electron chi connectivity index (χ0n) is 14.3. The summed E-state index contributed by atoms with van der Waals surface area (Å²) in [7, 11) is 4.02. The van der Waals surface area contributed by atoms with Gasteiger partial charge in [-0.25, -0.2) is 4.98 Å². The molecule has 24 heavy (non-hydrogen) atoms. The van der Waals surface area contributed by atoms with Crippen LogP contribution in [0.25, 0.3) is 11.0 Å². The Morgan fingerprint density at radius 3 is 2.42 bits per heavy atom. The van der Waals surface area contributed by atoms with E-state index >= 15 is 0 Å². The van der Waals surface area contributed by atoms with Crippen molar-refractivity contribution in [3.8, 4) is 0 Å². The van der Waals surface area contributed by atoms with E-state index in [0.29, 0.717) is 6.54 Å².